The van der Waals surface area contributed by atoms with Crippen molar-refractivity contribution in [2.45, 2.75) is 38.2 Å². The molecule has 0 saturated heterocycles. The van der Waals surface area contributed by atoms with Gasteiger partial charge in [0.2, 0.25) is 0 Å². The molecule has 42 valence electrons. The van der Waals surface area contributed by atoms with Gasteiger partial charge in [-0.25, -0.2) is 0 Å². The van der Waals surface area contributed by atoms with Crippen LogP contribution in [0.4, 0.5) is 0 Å². The second kappa shape index (κ2) is 2.31. The lowest BCUT2D eigenvalue weighted by atomic mass is 10.9. The van der Waals surface area contributed by atoms with Crippen LogP contribution in [0.3, 0.4) is 0 Å². The summed E-state index contributed by atoms with van der Waals surface area (Å²) in [5, 5.41) is 8.17. The van der Waals surface area contributed by atoms with Crippen LogP contribution in [0.5, 0.6) is 0 Å². The van der Waals surface area contributed by atoms with Crippen LogP contribution in [0, 0.1) is 0 Å². The molecule has 2 fully saturated rings. The van der Waals surface area contributed by atoms with Gasteiger partial charge >= 0.3 is 0 Å². The van der Waals surface area contributed by atoms with E-state index in [0.29, 0.717) is 0 Å². The summed E-state index contributed by atoms with van der Waals surface area (Å²) in [6, 6.07) is 0. The fraction of sp³-hybridized carbons (Fsp3) is 1.00. The Morgan fingerprint density at radius 2 is 1.29 bits per heavy atom. The fourth-order valence-corrected chi connectivity index (χ4v) is 0.0745. The maximum atomic E-state index is 8.17. The Kier molecular flexibility index (Phi) is 1.69. The number of aliphatic hydroxyl groups is 1. The summed E-state index contributed by atoms with van der Waals surface area (Å²) in [7, 11) is 0. The Morgan fingerprint density at radius 3 is 1.29 bits per heavy atom. The van der Waals surface area contributed by atoms with Crippen molar-refractivity contribution in [2.75, 3.05) is 0 Å². The second-order valence-corrected chi connectivity index (χ2v) is 2.29. The quantitative estimate of drug-likeness (QED) is 0.486. The molecule has 0 unspecified atom stereocenters. The molecule has 0 aromatic carbocycles. The van der Waals surface area contributed by atoms with Gasteiger partial charge in [0.15, 0.2) is 0 Å². The first-order chi connectivity index (χ1) is 3.39. The standard InChI is InChI=1S/C3H6O.C3H6/c4-3-1-2-3;1-2-3-1/h3-4H,1-2H2;1-3H2. The van der Waals surface area contributed by atoms with E-state index >= 15 is 0 Å². The van der Waals surface area contributed by atoms with Crippen molar-refractivity contribution >= 4 is 0 Å². The van der Waals surface area contributed by atoms with Crippen molar-refractivity contribution in [3.05, 3.63) is 0 Å². The molecule has 0 aromatic heterocycles. The van der Waals surface area contributed by atoms with E-state index in [1.165, 1.54) is 19.3 Å². The Morgan fingerprint density at radius 1 is 1.00 bits per heavy atom. The largest absolute Gasteiger partial charge is 0.393 e. The molecule has 2 aliphatic rings. The van der Waals surface area contributed by atoms with Crippen molar-refractivity contribution in [1.82, 2.24) is 0 Å². The molecule has 0 atom stereocenters. The maximum Gasteiger partial charge on any atom is 0.0542 e. The minimum absolute atomic E-state index is 0.0833. The minimum atomic E-state index is 0.0833. The van der Waals surface area contributed by atoms with Crippen molar-refractivity contribution in [3.8, 4) is 0 Å². The highest BCUT2D eigenvalue weighted by atomic mass is 16.3. The monoisotopic (exact) mass is 100 g/mol. The number of hydrogen-bond donors (Lipinski definition) is 1. The summed E-state index contributed by atoms with van der Waals surface area (Å²) in [5.74, 6) is 0. The van der Waals surface area contributed by atoms with Gasteiger partial charge in [0.05, 0.1) is 6.10 Å². The van der Waals surface area contributed by atoms with E-state index in [0.717, 1.165) is 12.8 Å². The van der Waals surface area contributed by atoms with Crippen LogP contribution in [0.2, 0.25) is 0 Å². The van der Waals surface area contributed by atoms with Gasteiger partial charge in [-0.15, -0.1) is 0 Å². The second-order valence-electron chi connectivity index (χ2n) is 2.29. The summed E-state index contributed by atoms with van der Waals surface area (Å²) in [6.07, 6.45) is 6.67. The predicted molar refractivity (Wildman–Crippen MR) is 29.1 cm³/mol. The third kappa shape index (κ3) is 5.96. The summed E-state index contributed by atoms with van der Waals surface area (Å²) in [4.78, 5) is 0. The average molecular weight is 100 g/mol. The number of hydrogen-bond acceptors (Lipinski definition) is 1. The van der Waals surface area contributed by atoms with Gasteiger partial charge in [-0.2, -0.15) is 0 Å². The molecule has 7 heavy (non-hydrogen) atoms. The van der Waals surface area contributed by atoms with Gasteiger partial charge in [-0.3, -0.25) is 0 Å². The lowest BCUT2D eigenvalue weighted by Crippen LogP contribution is -1.65. The Labute approximate surface area is 44.4 Å². The third-order valence-electron chi connectivity index (χ3n) is 0.900. The van der Waals surface area contributed by atoms with Gasteiger partial charge < -0.3 is 5.11 Å². The van der Waals surface area contributed by atoms with Gasteiger partial charge in [0.25, 0.3) is 0 Å². The van der Waals surface area contributed by atoms with Crippen LogP contribution in [0.1, 0.15) is 32.1 Å². The van der Waals surface area contributed by atoms with E-state index < -0.39 is 0 Å². The van der Waals surface area contributed by atoms with E-state index in [1.54, 1.807) is 0 Å². The Hall–Kier alpha value is -0.0400. The van der Waals surface area contributed by atoms with Crippen LogP contribution < -0.4 is 0 Å². The normalized spacial score (nSPS) is 25.3. The van der Waals surface area contributed by atoms with Crippen LogP contribution in [0.15, 0.2) is 0 Å². The highest BCUT2D eigenvalue weighted by molar-refractivity contribution is 4.68. The molecular weight excluding hydrogens is 88.1 g/mol. The van der Waals surface area contributed by atoms with Crippen molar-refractivity contribution in [1.29, 1.82) is 0 Å². The third-order valence-corrected chi connectivity index (χ3v) is 0.900. The van der Waals surface area contributed by atoms with Gasteiger partial charge in [0.1, 0.15) is 0 Å². The first-order valence-corrected chi connectivity index (χ1v) is 3.07. The van der Waals surface area contributed by atoms with Crippen molar-refractivity contribution in [3.63, 3.8) is 0 Å². The molecule has 0 heterocycles. The zero-order chi connectivity index (χ0) is 5.11. The molecule has 0 aliphatic heterocycles. The molecular formula is C6H12O. The highest BCUT2D eigenvalue weighted by Crippen LogP contribution is 2.16. The smallest absolute Gasteiger partial charge is 0.0542 e. The first kappa shape index (κ1) is 5.10. The molecule has 0 radical (unpaired) electrons. The molecule has 1 heteroatoms. The van der Waals surface area contributed by atoms with E-state index in [2.05, 4.69) is 0 Å². The molecule has 0 spiro atoms. The number of rotatable bonds is 0. The van der Waals surface area contributed by atoms with Crippen LogP contribution >= 0.6 is 0 Å². The SMILES string of the molecule is C1CC1.OC1CC1. The highest BCUT2D eigenvalue weighted by Gasteiger charge is 2.15. The van der Waals surface area contributed by atoms with Crippen molar-refractivity contribution in [2.24, 2.45) is 0 Å². The minimum Gasteiger partial charge on any atom is -0.393 e. The Balaban J connectivity index is 0.0000000729. The van der Waals surface area contributed by atoms with E-state index in [4.69, 9.17) is 5.11 Å². The summed E-state index contributed by atoms with van der Waals surface area (Å²) in [6.45, 7) is 0. The molecule has 2 rings (SSSR count). The lowest BCUT2D eigenvalue weighted by molar-refractivity contribution is 0.279. The zero-order valence-electron chi connectivity index (χ0n) is 4.56. The van der Waals surface area contributed by atoms with Gasteiger partial charge in [-0.05, 0) is 12.8 Å². The molecule has 0 aromatic rings. The lowest BCUT2D eigenvalue weighted by Gasteiger charge is -1.57. The Bertz CT molecular complexity index is 43.4. The van der Waals surface area contributed by atoms with Gasteiger partial charge in [-0.1, -0.05) is 19.3 Å². The molecule has 1 N–H and O–H groups in total. The van der Waals surface area contributed by atoms with Crippen LogP contribution in [0.25, 0.3) is 0 Å². The fourth-order valence-electron chi connectivity index (χ4n) is 0.0745. The molecule has 2 aliphatic carbocycles. The van der Waals surface area contributed by atoms with Crippen LogP contribution in [-0.2, 0) is 0 Å². The van der Waals surface area contributed by atoms with E-state index in [-0.39, 0.29) is 6.10 Å². The first-order valence-electron chi connectivity index (χ1n) is 3.07. The summed E-state index contributed by atoms with van der Waals surface area (Å²) < 4.78 is 0. The predicted octanol–water partition coefficient (Wildman–Crippen LogP) is 1.31. The molecule has 2 saturated carbocycles. The van der Waals surface area contributed by atoms with E-state index in [1.807, 2.05) is 0 Å². The van der Waals surface area contributed by atoms with Crippen molar-refractivity contribution < 1.29 is 5.11 Å². The molecule has 1 nitrogen and oxygen atoms in total. The van der Waals surface area contributed by atoms with Gasteiger partial charge in [0, 0.05) is 0 Å². The van der Waals surface area contributed by atoms with E-state index in [9.17, 15) is 0 Å². The molecule has 0 bridgehead atoms. The maximum absolute atomic E-state index is 8.17. The molecule has 0 amide bonds. The number of aliphatic hydroxyl groups excluding tert-OH is 1. The summed E-state index contributed by atoms with van der Waals surface area (Å²) in [5.41, 5.74) is 0. The topological polar surface area (TPSA) is 20.2 Å². The van der Waals surface area contributed by atoms with Crippen LogP contribution in [-0.4, -0.2) is 11.2 Å². The zero-order valence-corrected chi connectivity index (χ0v) is 4.56. The average Bonchev–Trinajstić information content (AvgIpc) is 2.27. The summed E-state index contributed by atoms with van der Waals surface area (Å²) >= 11 is 0.